The van der Waals surface area contributed by atoms with Gasteiger partial charge in [0, 0.05) is 7.05 Å². The summed E-state index contributed by atoms with van der Waals surface area (Å²) in [5.74, 6) is 0.782. The Labute approximate surface area is 123 Å². The molecule has 1 heterocycles. The molecule has 0 fully saturated rings. The minimum Gasteiger partial charge on any atom is -0.487 e. The Morgan fingerprint density at radius 1 is 1.40 bits per heavy atom. The first kappa shape index (κ1) is 14.9. The molecule has 1 unspecified atom stereocenters. The molecule has 0 spiro atoms. The van der Waals surface area contributed by atoms with E-state index in [2.05, 4.69) is 5.10 Å². The molecular formula is C15H19ClN2O2. The van der Waals surface area contributed by atoms with Crippen LogP contribution in [-0.4, -0.2) is 14.9 Å². The second-order valence-corrected chi connectivity index (χ2v) is 5.34. The maximum Gasteiger partial charge on any atom is 0.131 e. The van der Waals surface area contributed by atoms with Crippen molar-refractivity contribution in [2.75, 3.05) is 0 Å². The van der Waals surface area contributed by atoms with Crippen molar-refractivity contribution in [1.82, 2.24) is 9.78 Å². The maximum atomic E-state index is 9.55. The van der Waals surface area contributed by atoms with E-state index >= 15 is 0 Å². The van der Waals surface area contributed by atoms with Gasteiger partial charge in [-0.05, 0) is 44.0 Å². The lowest BCUT2D eigenvalue weighted by molar-refractivity contribution is 0.199. The standard InChI is InChI=1S/C15H19ClN2O2/c1-9-7-12(11(3)19)5-6-14(9)20-8-13-15(16)10(2)17-18(13)4/h5-7,11,19H,8H2,1-4H3. The largest absolute Gasteiger partial charge is 0.487 e. The number of hydrogen-bond acceptors (Lipinski definition) is 3. The number of benzene rings is 1. The van der Waals surface area contributed by atoms with Crippen molar-refractivity contribution in [3.8, 4) is 5.75 Å². The smallest absolute Gasteiger partial charge is 0.131 e. The number of aliphatic hydroxyl groups excluding tert-OH is 1. The number of hydrogen-bond donors (Lipinski definition) is 1. The number of rotatable bonds is 4. The summed E-state index contributed by atoms with van der Waals surface area (Å²) >= 11 is 6.19. The molecule has 108 valence electrons. The molecule has 0 bridgehead atoms. The summed E-state index contributed by atoms with van der Waals surface area (Å²) in [6.07, 6.45) is -0.475. The molecule has 1 atom stereocenters. The normalized spacial score (nSPS) is 12.5. The Balaban J connectivity index is 2.15. The highest BCUT2D eigenvalue weighted by Gasteiger charge is 2.12. The fourth-order valence-electron chi connectivity index (χ4n) is 2.08. The van der Waals surface area contributed by atoms with Gasteiger partial charge in [-0.2, -0.15) is 5.10 Å². The molecule has 1 aromatic heterocycles. The molecule has 0 amide bonds. The molecule has 0 radical (unpaired) electrons. The highest BCUT2D eigenvalue weighted by molar-refractivity contribution is 6.31. The molecule has 0 aliphatic carbocycles. The Hall–Kier alpha value is -1.52. The summed E-state index contributed by atoms with van der Waals surface area (Å²) in [6.45, 7) is 5.93. The van der Waals surface area contributed by atoms with Crippen LogP contribution in [0.5, 0.6) is 5.75 Å². The van der Waals surface area contributed by atoms with Crippen molar-refractivity contribution in [2.45, 2.75) is 33.5 Å². The van der Waals surface area contributed by atoms with Gasteiger partial charge in [0.05, 0.1) is 22.5 Å². The van der Waals surface area contributed by atoms with E-state index in [1.54, 1.807) is 11.6 Å². The van der Waals surface area contributed by atoms with Crippen molar-refractivity contribution in [3.63, 3.8) is 0 Å². The summed E-state index contributed by atoms with van der Waals surface area (Å²) in [7, 11) is 1.85. The van der Waals surface area contributed by atoms with Gasteiger partial charge < -0.3 is 9.84 Å². The molecule has 0 aliphatic rings. The SMILES string of the molecule is Cc1cc(C(C)O)ccc1OCc1c(Cl)c(C)nn1C. The Morgan fingerprint density at radius 3 is 2.60 bits per heavy atom. The van der Waals surface area contributed by atoms with E-state index in [1.165, 1.54) is 0 Å². The first-order chi connectivity index (χ1) is 9.40. The number of ether oxygens (including phenoxy) is 1. The van der Waals surface area contributed by atoms with Gasteiger partial charge in [-0.1, -0.05) is 17.7 Å². The van der Waals surface area contributed by atoms with Crippen LogP contribution in [0.15, 0.2) is 18.2 Å². The summed E-state index contributed by atoms with van der Waals surface area (Å²) in [5.41, 5.74) is 3.51. The van der Waals surface area contributed by atoms with Crippen molar-refractivity contribution in [3.05, 3.63) is 45.7 Å². The number of aliphatic hydroxyl groups is 1. The van der Waals surface area contributed by atoms with E-state index < -0.39 is 6.10 Å². The molecule has 4 nitrogen and oxygen atoms in total. The van der Waals surface area contributed by atoms with E-state index in [4.69, 9.17) is 16.3 Å². The Kier molecular flexibility index (Phi) is 4.35. The van der Waals surface area contributed by atoms with E-state index in [-0.39, 0.29) is 0 Å². The van der Waals surface area contributed by atoms with Crippen LogP contribution in [0.4, 0.5) is 0 Å². The predicted molar refractivity (Wildman–Crippen MR) is 79.1 cm³/mol. The Bertz CT molecular complexity index is 621. The monoisotopic (exact) mass is 294 g/mol. The van der Waals surface area contributed by atoms with Crippen LogP contribution in [0, 0.1) is 13.8 Å². The molecule has 1 aromatic carbocycles. The van der Waals surface area contributed by atoms with Gasteiger partial charge in [-0.3, -0.25) is 4.68 Å². The van der Waals surface area contributed by atoms with Crippen LogP contribution in [0.2, 0.25) is 5.02 Å². The number of aryl methyl sites for hydroxylation is 3. The summed E-state index contributed by atoms with van der Waals surface area (Å²) < 4.78 is 7.54. The van der Waals surface area contributed by atoms with E-state index in [1.807, 2.05) is 39.1 Å². The topological polar surface area (TPSA) is 47.3 Å². The zero-order chi connectivity index (χ0) is 14.9. The Morgan fingerprint density at radius 2 is 2.10 bits per heavy atom. The second kappa shape index (κ2) is 5.85. The third-order valence-electron chi connectivity index (χ3n) is 3.31. The lowest BCUT2D eigenvalue weighted by atomic mass is 10.1. The molecule has 0 saturated carbocycles. The van der Waals surface area contributed by atoms with Crippen LogP contribution < -0.4 is 4.74 Å². The van der Waals surface area contributed by atoms with Crippen LogP contribution in [0.25, 0.3) is 0 Å². The van der Waals surface area contributed by atoms with Crippen LogP contribution >= 0.6 is 11.6 Å². The minimum atomic E-state index is -0.475. The third kappa shape index (κ3) is 2.97. The maximum absolute atomic E-state index is 9.55. The highest BCUT2D eigenvalue weighted by Crippen LogP contribution is 2.25. The molecule has 2 rings (SSSR count). The predicted octanol–water partition coefficient (Wildman–Crippen LogP) is 3.32. The number of halogens is 1. The van der Waals surface area contributed by atoms with Gasteiger partial charge in [0.1, 0.15) is 12.4 Å². The van der Waals surface area contributed by atoms with E-state index in [0.29, 0.717) is 11.6 Å². The summed E-state index contributed by atoms with van der Waals surface area (Å²) in [6, 6.07) is 5.66. The van der Waals surface area contributed by atoms with Crippen molar-refractivity contribution < 1.29 is 9.84 Å². The van der Waals surface area contributed by atoms with Crippen molar-refractivity contribution in [1.29, 1.82) is 0 Å². The van der Waals surface area contributed by atoms with Crippen LogP contribution in [0.3, 0.4) is 0 Å². The molecule has 1 N–H and O–H groups in total. The lowest BCUT2D eigenvalue weighted by Crippen LogP contribution is -2.04. The quantitative estimate of drug-likeness (QED) is 0.941. The zero-order valence-electron chi connectivity index (χ0n) is 12.1. The van der Waals surface area contributed by atoms with Gasteiger partial charge in [-0.15, -0.1) is 0 Å². The first-order valence-electron chi connectivity index (χ1n) is 6.49. The van der Waals surface area contributed by atoms with E-state index in [0.717, 1.165) is 28.3 Å². The van der Waals surface area contributed by atoms with Gasteiger partial charge in [0.25, 0.3) is 0 Å². The van der Waals surface area contributed by atoms with Gasteiger partial charge in [0.15, 0.2) is 0 Å². The van der Waals surface area contributed by atoms with Gasteiger partial charge in [0.2, 0.25) is 0 Å². The van der Waals surface area contributed by atoms with Gasteiger partial charge in [-0.25, -0.2) is 0 Å². The zero-order valence-corrected chi connectivity index (χ0v) is 12.9. The minimum absolute atomic E-state index is 0.366. The number of nitrogens with zero attached hydrogens (tertiary/aromatic N) is 2. The average molecular weight is 295 g/mol. The summed E-state index contributed by atoms with van der Waals surface area (Å²) in [5, 5.41) is 14.5. The fourth-order valence-corrected chi connectivity index (χ4v) is 2.29. The molecule has 0 saturated heterocycles. The lowest BCUT2D eigenvalue weighted by Gasteiger charge is -2.12. The van der Waals surface area contributed by atoms with E-state index in [9.17, 15) is 5.11 Å². The molecule has 5 heteroatoms. The first-order valence-corrected chi connectivity index (χ1v) is 6.87. The van der Waals surface area contributed by atoms with Crippen LogP contribution in [-0.2, 0) is 13.7 Å². The molecule has 2 aromatic rings. The second-order valence-electron chi connectivity index (χ2n) is 4.96. The average Bonchev–Trinajstić information content (AvgIpc) is 2.62. The van der Waals surface area contributed by atoms with Crippen LogP contribution in [0.1, 0.15) is 35.5 Å². The molecule has 0 aliphatic heterocycles. The highest BCUT2D eigenvalue weighted by atomic mass is 35.5. The third-order valence-corrected chi connectivity index (χ3v) is 3.80. The number of aromatic nitrogens is 2. The molecule has 20 heavy (non-hydrogen) atoms. The van der Waals surface area contributed by atoms with Crippen molar-refractivity contribution in [2.24, 2.45) is 7.05 Å². The fraction of sp³-hybridized carbons (Fsp3) is 0.400. The van der Waals surface area contributed by atoms with Crippen molar-refractivity contribution >= 4 is 11.6 Å². The van der Waals surface area contributed by atoms with Gasteiger partial charge >= 0.3 is 0 Å². The summed E-state index contributed by atoms with van der Waals surface area (Å²) in [4.78, 5) is 0. The molecular weight excluding hydrogens is 276 g/mol.